The van der Waals surface area contributed by atoms with Gasteiger partial charge in [-0.3, -0.25) is 14.7 Å². The van der Waals surface area contributed by atoms with E-state index in [1.165, 1.54) is 0 Å². The lowest BCUT2D eigenvalue weighted by Crippen LogP contribution is -2.23. The highest BCUT2D eigenvalue weighted by atomic mass is 32.2. The highest BCUT2D eigenvalue weighted by Crippen LogP contribution is 2.20. The zero-order valence-electron chi connectivity index (χ0n) is 10.1. The Bertz CT molecular complexity index is 569. The Morgan fingerprint density at radius 1 is 1.56 bits per heavy atom. The molecule has 0 amide bonds. The van der Waals surface area contributed by atoms with Crippen LogP contribution in [0.5, 0.6) is 0 Å². The molecule has 0 saturated heterocycles. The molecule has 18 heavy (non-hydrogen) atoms. The molecule has 9 heteroatoms. The highest BCUT2D eigenvalue weighted by molar-refractivity contribution is 7.84. The predicted molar refractivity (Wildman–Crippen MR) is 71.5 cm³/mol. The number of rotatable bonds is 5. The maximum Gasteiger partial charge on any atom is 0.241 e. The molecule has 8 nitrogen and oxygen atoms in total. The van der Waals surface area contributed by atoms with Crippen molar-refractivity contribution in [2.45, 2.75) is 13.0 Å². The first kappa shape index (κ1) is 12.7. The van der Waals surface area contributed by atoms with Gasteiger partial charge in [0.2, 0.25) is 5.95 Å². The molecule has 0 fully saturated rings. The lowest BCUT2D eigenvalue weighted by atomic mass is 10.3. The van der Waals surface area contributed by atoms with Gasteiger partial charge in [-0.1, -0.05) is 0 Å². The third-order valence-electron chi connectivity index (χ3n) is 2.31. The van der Waals surface area contributed by atoms with Gasteiger partial charge in [-0.25, -0.2) is 5.84 Å². The van der Waals surface area contributed by atoms with Crippen LogP contribution in [0.3, 0.4) is 0 Å². The van der Waals surface area contributed by atoms with Gasteiger partial charge < -0.3 is 5.32 Å². The summed E-state index contributed by atoms with van der Waals surface area (Å²) in [5.41, 5.74) is 2.98. The highest BCUT2D eigenvalue weighted by Gasteiger charge is 2.12. The number of nitrogens with one attached hydrogen (secondary N) is 3. The first-order valence-electron chi connectivity index (χ1n) is 5.34. The minimum Gasteiger partial charge on any atom is -0.366 e. The number of fused-ring (bicyclic) bond motifs is 1. The molecule has 0 saturated carbocycles. The van der Waals surface area contributed by atoms with Crippen molar-refractivity contribution < 1.29 is 4.21 Å². The lowest BCUT2D eigenvalue weighted by Gasteiger charge is -2.14. The standard InChI is InChI=1S/C9H15N7OS/c1-5(4-18(2)17)12-7-6-3-11-16-8(6)14-9(13-7)15-10/h3,5H,4,10H2,1-2H3,(H3,11,12,13,14,15,16). The molecule has 0 radical (unpaired) electrons. The van der Waals surface area contributed by atoms with Gasteiger partial charge in [0.25, 0.3) is 0 Å². The van der Waals surface area contributed by atoms with Gasteiger partial charge in [-0.15, -0.1) is 0 Å². The summed E-state index contributed by atoms with van der Waals surface area (Å²) in [5, 5.41) is 10.6. The Labute approximate surface area is 106 Å². The number of nitrogens with two attached hydrogens (primary N) is 1. The summed E-state index contributed by atoms with van der Waals surface area (Å²) in [6.07, 6.45) is 3.30. The zero-order valence-corrected chi connectivity index (χ0v) is 10.9. The van der Waals surface area contributed by atoms with E-state index >= 15 is 0 Å². The lowest BCUT2D eigenvalue weighted by molar-refractivity contribution is 0.683. The average Bonchev–Trinajstić information content (AvgIpc) is 2.75. The van der Waals surface area contributed by atoms with Crippen molar-refractivity contribution in [3.63, 3.8) is 0 Å². The van der Waals surface area contributed by atoms with Crippen molar-refractivity contribution >= 4 is 33.6 Å². The van der Waals surface area contributed by atoms with Crippen LogP contribution in [-0.2, 0) is 10.8 Å². The number of anilines is 2. The summed E-state index contributed by atoms with van der Waals surface area (Å²) in [5.74, 6) is 6.74. The molecule has 98 valence electrons. The zero-order chi connectivity index (χ0) is 13.1. The van der Waals surface area contributed by atoms with Gasteiger partial charge >= 0.3 is 0 Å². The molecule has 2 unspecified atom stereocenters. The van der Waals surface area contributed by atoms with E-state index in [9.17, 15) is 4.21 Å². The van der Waals surface area contributed by atoms with E-state index < -0.39 is 10.8 Å². The number of nitrogen functional groups attached to an aromatic ring is 1. The number of H-pyrrole nitrogens is 1. The van der Waals surface area contributed by atoms with Crippen molar-refractivity contribution in [2.24, 2.45) is 5.84 Å². The van der Waals surface area contributed by atoms with Gasteiger partial charge in [0, 0.05) is 28.9 Å². The maximum absolute atomic E-state index is 11.2. The van der Waals surface area contributed by atoms with Gasteiger partial charge in [-0.2, -0.15) is 15.1 Å². The molecule has 2 aromatic heterocycles. The summed E-state index contributed by atoms with van der Waals surface area (Å²) < 4.78 is 11.2. The van der Waals surface area contributed by atoms with E-state index in [-0.39, 0.29) is 6.04 Å². The second-order valence-electron chi connectivity index (χ2n) is 3.96. The number of nitrogens with zero attached hydrogens (tertiary/aromatic N) is 3. The van der Waals surface area contributed by atoms with E-state index in [0.717, 1.165) is 5.39 Å². The minimum absolute atomic E-state index is 0.0226. The Hall–Kier alpha value is -1.74. The second-order valence-corrected chi connectivity index (χ2v) is 5.44. The Kier molecular flexibility index (Phi) is 3.72. The van der Waals surface area contributed by atoms with E-state index in [2.05, 4.69) is 30.9 Å². The Balaban J connectivity index is 2.30. The molecule has 2 rings (SSSR count). The van der Waals surface area contributed by atoms with Gasteiger partial charge in [0.15, 0.2) is 5.65 Å². The third kappa shape index (κ3) is 2.74. The molecule has 2 atom stereocenters. The summed E-state index contributed by atoms with van der Waals surface area (Å²) in [6.45, 7) is 1.94. The molecule has 0 aliphatic heterocycles. The molecule has 5 N–H and O–H groups in total. The van der Waals surface area contributed by atoms with Crippen LogP contribution in [0.1, 0.15) is 6.92 Å². The minimum atomic E-state index is -0.870. The van der Waals surface area contributed by atoms with Crippen LogP contribution >= 0.6 is 0 Å². The van der Waals surface area contributed by atoms with E-state index in [1.54, 1.807) is 12.5 Å². The van der Waals surface area contributed by atoms with Crippen molar-refractivity contribution in [1.82, 2.24) is 20.2 Å². The fourth-order valence-electron chi connectivity index (χ4n) is 1.64. The average molecular weight is 269 g/mol. The van der Waals surface area contributed by atoms with Crippen molar-refractivity contribution in [3.05, 3.63) is 6.20 Å². The molecule has 0 bridgehead atoms. The molecule has 0 aromatic carbocycles. The summed E-state index contributed by atoms with van der Waals surface area (Å²) >= 11 is 0. The Morgan fingerprint density at radius 2 is 2.33 bits per heavy atom. The van der Waals surface area contributed by atoms with Crippen molar-refractivity contribution in [1.29, 1.82) is 0 Å². The molecule has 0 aliphatic rings. The van der Waals surface area contributed by atoms with Crippen LogP contribution in [0.2, 0.25) is 0 Å². The monoisotopic (exact) mass is 269 g/mol. The van der Waals surface area contributed by atoms with Gasteiger partial charge in [0.1, 0.15) is 5.82 Å². The fourth-order valence-corrected chi connectivity index (χ4v) is 2.42. The maximum atomic E-state index is 11.2. The second kappa shape index (κ2) is 5.27. The van der Waals surface area contributed by atoms with E-state index in [4.69, 9.17) is 5.84 Å². The quantitative estimate of drug-likeness (QED) is 0.438. The molecule has 2 aromatic rings. The molecule has 0 aliphatic carbocycles. The summed E-state index contributed by atoms with van der Waals surface area (Å²) in [6, 6.07) is 0.0226. The SMILES string of the molecule is CC(CS(C)=O)Nc1nc(NN)nc2[nH]ncc12. The van der Waals surface area contributed by atoms with Crippen molar-refractivity contribution in [3.8, 4) is 0 Å². The molecular weight excluding hydrogens is 254 g/mol. The number of aromatic amines is 1. The van der Waals surface area contributed by atoms with E-state index in [0.29, 0.717) is 23.2 Å². The predicted octanol–water partition coefficient (Wildman–Crippen LogP) is -0.183. The largest absolute Gasteiger partial charge is 0.366 e. The van der Waals surface area contributed by atoms with E-state index in [1.807, 2.05) is 6.92 Å². The molecule has 2 heterocycles. The van der Waals surface area contributed by atoms with Crippen LogP contribution in [-0.4, -0.2) is 42.4 Å². The van der Waals surface area contributed by atoms with Gasteiger partial charge in [-0.05, 0) is 6.92 Å². The van der Waals surface area contributed by atoms with Gasteiger partial charge in [0.05, 0.1) is 11.6 Å². The smallest absolute Gasteiger partial charge is 0.241 e. The van der Waals surface area contributed by atoms with Crippen LogP contribution in [0.15, 0.2) is 6.20 Å². The number of hydrazine groups is 1. The van der Waals surface area contributed by atoms with Crippen molar-refractivity contribution in [2.75, 3.05) is 22.8 Å². The van der Waals surface area contributed by atoms with Crippen LogP contribution in [0.4, 0.5) is 11.8 Å². The van der Waals surface area contributed by atoms with Crippen LogP contribution < -0.4 is 16.6 Å². The fraction of sp³-hybridized carbons (Fsp3) is 0.444. The number of aromatic nitrogens is 4. The number of hydrogen-bond donors (Lipinski definition) is 4. The molecule has 0 spiro atoms. The van der Waals surface area contributed by atoms with Crippen LogP contribution in [0.25, 0.3) is 11.0 Å². The first-order chi connectivity index (χ1) is 8.60. The Morgan fingerprint density at radius 3 is 3.00 bits per heavy atom. The summed E-state index contributed by atoms with van der Waals surface area (Å²) in [7, 11) is -0.870. The first-order valence-corrected chi connectivity index (χ1v) is 7.07. The third-order valence-corrected chi connectivity index (χ3v) is 3.28. The normalized spacial score (nSPS) is 14.4. The summed E-state index contributed by atoms with van der Waals surface area (Å²) in [4.78, 5) is 8.34. The van der Waals surface area contributed by atoms with Crippen LogP contribution in [0, 0.1) is 0 Å². The molecular formula is C9H15N7OS. The topological polar surface area (TPSA) is 122 Å². The number of hydrogen-bond acceptors (Lipinski definition) is 7.